The predicted molar refractivity (Wildman–Crippen MR) is 112 cm³/mol. The molecule has 0 saturated carbocycles. The van der Waals surface area contributed by atoms with Crippen molar-refractivity contribution >= 4 is 5.78 Å². The second-order valence-corrected chi connectivity index (χ2v) is 8.28. The number of hydrogen-bond donors (Lipinski definition) is 3. The highest BCUT2D eigenvalue weighted by Gasteiger charge is 2.69. The van der Waals surface area contributed by atoms with E-state index in [1.165, 1.54) is 6.92 Å². The van der Waals surface area contributed by atoms with Crippen LogP contribution < -0.4 is 4.74 Å². The van der Waals surface area contributed by atoms with Crippen LogP contribution in [0.1, 0.15) is 36.1 Å². The van der Waals surface area contributed by atoms with Gasteiger partial charge in [0.25, 0.3) is 0 Å². The number of ether oxygens (including phenoxy) is 3. The van der Waals surface area contributed by atoms with Crippen molar-refractivity contribution in [3.63, 3.8) is 0 Å². The number of fused-ring (bicyclic) bond motifs is 2. The Morgan fingerprint density at radius 1 is 1.13 bits per heavy atom. The lowest BCUT2D eigenvalue weighted by molar-refractivity contribution is -0.318. The molecule has 166 valence electrons. The molecule has 2 aliphatic heterocycles. The standard InChI is InChI=1S/C24H28O7/c1-4-29-19-9-6-16(7-10-19)11-17-12-18(8-5-14(17)2)24-22(28)20(26)21(27)23(31-24,13-30-24)15(3)25/h5-10,12,20-22,26-28H,4,11,13H2,1-3H3. The number of rotatable bonds is 6. The van der Waals surface area contributed by atoms with E-state index < -0.39 is 35.5 Å². The van der Waals surface area contributed by atoms with Gasteiger partial charge in [-0.3, -0.25) is 4.79 Å². The smallest absolute Gasteiger partial charge is 0.225 e. The molecule has 2 heterocycles. The summed E-state index contributed by atoms with van der Waals surface area (Å²) < 4.78 is 17.3. The van der Waals surface area contributed by atoms with Crippen molar-refractivity contribution in [2.24, 2.45) is 0 Å². The van der Waals surface area contributed by atoms with Crippen LogP contribution in [0.3, 0.4) is 0 Å². The molecule has 7 heteroatoms. The lowest BCUT2D eigenvalue weighted by Crippen LogP contribution is -2.66. The first kappa shape index (κ1) is 21.9. The minimum atomic E-state index is -1.73. The number of aryl methyl sites for hydroxylation is 1. The van der Waals surface area contributed by atoms with Gasteiger partial charge in [-0.25, -0.2) is 0 Å². The molecule has 0 aromatic heterocycles. The van der Waals surface area contributed by atoms with E-state index in [1.54, 1.807) is 6.07 Å². The zero-order valence-electron chi connectivity index (χ0n) is 17.9. The van der Waals surface area contributed by atoms with Crippen molar-refractivity contribution in [3.05, 3.63) is 64.7 Å². The lowest BCUT2D eigenvalue weighted by atomic mass is 9.81. The normalized spacial score (nSPS) is 32.1. The van der Waals surface area contributed by atoms with Crippen LogP contribution in [0.15, 0.2) is 42.5 Å². The van der Waals surface area contributed by atoms with E-state index in [0.717, 1.165) is 22.4 Å². The molecule has 2 aromatic carbocycles. The van der Waals surface area contributed by atoms with Crippen LogP contribution in [0.5, 0.6) is 5.75 Å². The summed E-state index contributed by atoms with van der Waals surface area (Å²) in [6, 6.07) is 13.3. The van der Waals surface area contributed by atoms with Crippen molar-refractivity contribution in [2.75, 3.05) is 13.2 Å². The molecule has 3 N–H and O–H groups in total. The molecule has 0 spiro atoms. The van der Waals surface area contributed by atoms with Crippen LogP contribution in [0.2, 0.25) is 0 Å². The zero-order valence-corrected chi connectivity index (χ0v) is 17.9. The predicted octanol–water partition coefficient (Wildman–Crippen LogP) is 1.61. The fourth-order valence-electron chi connectivity index (χ4n) is 4.37. The van der Waals surface area contributed by atoms with Gasteiger partial charge in [-0.2, -0.15) is 0 Å². The molecule has 4 rings (SSSR count). The van der Waals surface area contributed by atoms with Crippen LogP contribution in [-0.2, 0) is 26.5 Å². The number of carbonyl (C=O) groups is 1. The highest BCUT2D eigenvalue weighted by atomic mass is 16.8. The van der Waals surface area contributed by atoms with Gasteiger partial charge in [0, 0.05) is 5.56 Å². The SMILES string of the molecule is CCOc1ccc(Cc2cc(C34OCC(C(C)=O)(O3)C(O)C(O)C4O)ccc2C)cc1. The number of Topliss-reactive ketones (excluding diaryl/α,β-unsaturated/α-hetero) is 1. The van der Waals surface area contributed by atoms with Crippen LogP contribution in [0, 0.1) is 6.92 Å². The molecule has 2 aromatic rings. The summed E-state index contributed by atoms with van der Waals surface area (Å²) in [5.41, 5.74) is 1.87. The molecule has 5 unspecified atom stereocenters. The molecule has 31 heavy (non-hydrogen) atoms. The Morgan fingerprint density at radius 2 is 1.84 bits per heavy atom. The summed E-state index contributed by atoms with van der Waals surface area (Å²) in [6.45, 7) is 5.55. The Morgan fingerprint density at radius 3 is 2.48 bits per heavy atom. The monoisotopic (exact) mass is 428 g/mol. The summed E-state index contributed by atoms with van der Waals surface area (Å²) in [5, 5.41) is 31.7. The second-order valence-electron chi connectivity index (χ2n) is 8.28. The largest absolute Gasteiger partial charge is 0.494 e. The maximum absolute atomic E-state index is 12.3. The fourth-order valence-corrected chi connectivity index (χ4v) is 4.37. The van der Waals surface area contributed by atoms with Crippen molar-refractivity contribution in [1.29, 1.82) is 0 Å². The third-order valence-electron chi connectivity index (χ3n) is 6.33. The van der Waals surface area contributed by atoms with Gasteiger partial charge in [-0.1, -0.05) is 24.3 Å². The first-order valence-electron chi connectivity index (χ1n) is 10.4. The first-order valence-corrected chi connectivity index (χ1v) is 10.4. The quantitative estimate of drug-likeness (QED) is 0.642. The van der Waals surface area contributed by atoms with Crippen LogP contribution in [-0.4, -0.2) is 58.2 Å². The van der Waals surface area contributed by atoms with Crippen molar-refractivity contribution < 1.29 is 34.3 Å². The van der Waals surface area contributed by atoms with Gasteiger partial charge in [0.2, 0.25) is 5.79 Å². The molecule has 5 atom stereocenters. The second kappa shape index (κ2) is 8.00. The van der Waals surface area contributed by atoms with Crippen LogP contribution in [0.4, 0.5) is 0 Å². The molecule has 2 saturated heterocycles. The Hall–Kier alpha value is -2.29. The summed E-state index contributed by atoms with van der Waals surface area (Å²) in [4.78, 5) is 12.3. The number of benzene rings is 2. The van der Waals surface area contributed by atoms with Gasteiger partial charge < -0.3 is 29.5 Å². The molecular weight excluding hydrogens is 400 g/mol. The fraction of sp³-hybridized carbons (Fsp3) is 0.458. The van der Waals surface area contributed by atoms with Gasteiger partial charge in [-0.05, 0) is 62.1 Å². The van der Waals surface area contributed by atoms with E-state index in [-0.39, 0.29) is 6.61 Å². The van der Waals surface area contributed by atoms with E-state index in [1.807, 2.05) is 50.2 Å². The number of carbonyl (C=O) groups excluding carboxylic acids is 1. The Kier molecular flexibility index (Phi) is 5.66. The van der Waals surface area contributed by atoms with Gasteiger partial charge >= 0.3 is 0 Å². The molecule has 0 aliphatic carbocycles. The van der Waals surface area contributed by atoms with Gasteiger partial charge in [0.05, 0.1) is 13.2 Å². The van der Waals surface area contributed by atoms with Gasteiger partial charge in [-0.15, -0.1) is 0 Å². The molecular formula is C24H28O7. The lowest BCUT2D eigenvalue weighted by Gasteiger charge is -2.45. The van der Waals surface area contributed by atoms with Crippen molar-refractivity contribution in [2.45, 2.75) is 56.9 Å². The van der Waals surface area contributed by atoms with E-state index in [2.05, 4.69) is 0 Å². The van der Waals surface area contributed by atoms with Gasteiger partial charge in [0.15, 0.2) is 11.4 Å². The topological polar surface area (TPSA) is 105 Å². The van der Waals surface area contributed by atoms with Crippen molar-refractivity contribution in [1.82, 2.24) is 0 Å². The molecule has 0 radical (unpaired) electrons. The highest BCUT2D eigenvalue weighted by molar-refractivity contribution is 5.86. The Bertz CT molecular complexity index is 972. The third kappa shape index (κ3) is 3.46. The molecule has 2 bridgehead atoms. The third-order valence-corrected chi connectivity index (χ3v) is 6.33. The summed E-state index contributed by atoms with van der Waals surface area (Å²) in [6.07, 6.45) is -4.10. The molecule has 0 amide bonds. The minimum absolute atomic E-state index is 0.250. The minimum Gasteiger partial charge on any atom is -0.494 e. The van der Waals surface area contributed by atoms with E-state index in [4.69, 9.17) is 14.2 Å². The summed E-state index contributed by atoms with van der Waals surface area (Å²) >= 11 is 0. The Labute approximate surface area is 181 Å². The number of hydrogen-bond acceptors (Lipinski definition) is 7. The first-order chi connectivity index (χ1) is 14.7. The number of aliphatic hydroxyl groups excluding tert-OH is 3. The summed E-state index contributed by atoms with van der Waals surface area (Å²) in [7, 11) is 0. The number of ketones is 1. The average Bonchev–Trinajstić information content (AvgIpc) is 3.15. The summed E-state index contributed by atoms with van der Waals surface area (Å²) in [5.74, 6) is -1.39. The van der Waals surface area contributed by atoms with Crippen molar-refractivity contribution in [3.8, 4) is 5.75 Å². The van der Waals surface area contributed by atoms with Crippen LogP contribution >= 0.6 is 0 Å². The van der Waals surface area contributed by atoms with Gasteiger partial charge in [0.1, 0.15) is 24.1 Å². The zero-order chi connectivity index (χ0) is 22.4. The molecule has 7 nitrogen and oxygen atoms in total. The van der Waals surface area contributed by atoms with E-state index >= 15 is 0 Å². The molecule has 2 aliphatic rings. The van der Waals surface area contributed by atoms with Crippen LogP contribution in [0.25, 0.3) is 0 Å². The average molecular weight is 428 g/mol. The number of aliphatic hydroxyl groups is 3. The molecule has 2 fully saturated rings. The van der Waals surface area contributed by atoms with E-state index in [9.17, 15) is 20.1 Å². The highest BCUT2D eigenvalue weighted by Crippen LogP contribution is 2.50. The maximum atomic E-state index is 12.3. The Balaban J connectivity index is 1.68. The maximum Gasteiger partial charge on any atom is 0.225 e. The van der Waals surface area contributed by atoms with E-state index in [0.29, 0.717) is 18.6 Å².